The van der Waals surface area contributed by atoms with Gasteiger partial charge in [0.05, 0.1) is 11.4 Å². The van der Waals surface area contributed by atoms with Crippen molar-refractivity contribution in [3.63, 3.8) is 0 Å². The van der Waals surface area contributed by atoms with Crippen LogP contribution < -0.4 is 4.90 Å². The highest BCUT2D eigenvalue weighted by Crippen LogP contribution is 2.62. The zero-order chi connectivity index (χ0) is 25.7. The van der Waals surface area contributed by atoms with Gasteiger partial charge in [-0.2, -0.15) is 0 Å². The lowest BCUT2D eigenvalue weighted by Gasteiger charge is -2.57. The molecule has 0 saturated heterocycles. The largest absolute Gasteiger partial charge is 0.507 e. The Morgan fingerprint density at radius 3 is 2.35 bits per heavy atom. The molecule has 4 bridgehead atoms. The molecule has 0 unspecified atom stereocenters. The van der Waals surface area contributed by atoms with E-state index < -0.39 is 0 Å². The molecule has 0 amide bonds. The van der Waals surface area contributed by atoms with Gasteiger partial charge in [0, 0.05) is 41.5 Å². The Morgan fingerprint density at radius 1 is 0.973 bits per heavy atom. The summed E-state index contributed by atoms with van der Waals surface area (Å²) in [5.41, 5.74) is 5.85. The summed E-state index contributed by atoms with van der Waals surface area (Å²) in [6, 6.07) is 17.3. The Hall–Kier alpha value is -2.98. The fourth-order valence-corrected chi connectivity index (χ4v) is 8.00. The molecule has 2 N–H and O–H groups in total. The first kappa shape index (κ1) is 24.4. The van der Waals surface area contributed by atoms with Crippen molar-refractivity contribution in [3.8, 4) is 11.5 Å². The molecule has 0 atom stereocenters. The lowest BCUT2D eigenvalue weighted by molar-refractivity contribution is -0.00621. The zero-order valence-corrected chi connectivity index (χ0v) is 22.4. The van der Waals surface area contributed by atoms with Crippen molar-refractivity contribution in [2.45, 2.75) is 57.4 Å². The quantitative estimate of drug-likeness (QED) is 0.328. The fraction of sp³-hybridized carbons (Fsp3) is 0.406. The maximum absolute atomic E-state index is 11.7. The van der Waals surface area contributed by atoms with E-state index in [4.69, 9.17) is 11.6 Å². The number of anilines is 1. The van der Waals surface area contributed by atoms with Crippen molar-refractivity contribution in [3.05, 3.63) is 81.9 Å². The smallest absolute Gasteiger partial charge is 0.124 e. The van der Waals surface area contributed by atoms with Crippen LogP contribution in [0.4, 0.5) is 11.4 Å². The average Bonchev–Trinajstić information content (AvgIpc) is 2.86. The number of halogens is 1. The highest BCUT2D eigenvalue weighted by molar-refractivity contribution is 6.30. The molecule has 37 heavy (non-hydrogen) atoms. The van der Waals surface area contributed by atoms with E-state index >= 15 is 0 Å². The first-order chi connectivity index (χ1) is 17.8. The van der Waals surface area contributed by atoms with E-state index in [2.05, 4.69) is 28.9 Å². The predicted molar refractivity (Wildman–Crippen MR) is 152 cm³/mol. The molecule has 0 heterocycles. The summed E-state index contributed by atoms with van der Waals surface area (Å²) in [5.74, 6) is 3.13. The molecule has 4 aliphatic carbocycles. The summed E-state index contributed by atoms with van der Waals surface area (Å²) in [4.78, 5) is 6.82. The Bertz CT molecular complexity index is 1330. The van der Waals surface area contributed by atoms with E-state index in [-0.39, 0.29) is 11.2 Å². The second kappa shape index (κ2) is 9.40. The SMILES string of the molecule is Cc1cc(CN(C)c2ccccc2N=Cc2cc(Cl)ccc2O)c(O)c(C23CC4CC(CC(C4)C2)C3)c1. The van der Waals surface area contributed by atoms with Crippen molar-refractivity contribution in [1.82, 2.24) is 0 Å². The normalized spacial score (nSPS) is 26.2. The van der Waals surface area contributed by atoms with Gasteiger partial charge in [0.25, 0.3) is 0 Å². The van der Waals surface area contributed by atoms with Crippen LogP contribution in [0.2, 0.25) is 5.02 Å². The molecular formula is C32H35ClN2O2. The summed E-state index contributed by atoms with van der Waals surface area (Å²) in [6.45, 7) is 2.74. The van der Waals surface area contributed by atoms with Gasteiger partial charge in [-0.05, 0) is 98.9 Å². The highest BCUT2D eigenvalue weighted by atomic mass is 35.5. The van der Waals surface area contributed by atoms with Crippen molar-refractivity contribution in [1.29, 1.82) is 0 Å². The van der Waals surface area contributed by atoms with Crippen LogP contribution in [-0.2, 0) is 12.0 Å². The summed E-state index contributed by atoms with van der Waals surface area (Å²) < 4.78 is 0. The van der Waals surface area contributed by atoms with Crippen molar-refractivity contribution in [2.75, 3.05) is 11.9 Å². The second-order valence-corrected chi connectivity index (χ2v) is 12.3. The van der Waals surface area contributed by atoms with Gasteiger partial charge >= 0.3 is 0 Å². The van der Waals surface area contributed by atoms with Crippen LogP contribution >= 0.6 is 11.6 Å². The first-order valence-electron chi connectivity index (χ1n) is 13.5. The predicted octanol–water partition coefficient (Wildman–Crippen LogP) is 7.91. The third-order valence-electron chi connectivity index (χ3n) is 8.98. The lowest BCUT2D eigenvalue weighted by atomic mass is 9.48. The molecule has 4 aliphatic rings. The number of rotatable bonds is 6. The van der Waals surface area contributed by atoms with E-state index in [9.17, 15) is 10.2 Å². The minimum absolute atomic E-state index is 0.140. The molecule has 5 heteroatoms. The van der Waals surface area contributed by atoms with Crippen molar-refractivity contribution >= 4 is 29.2 Å². The number of aryl methyl sites for hydroxylation is 1. The van der Waals surface area contributed by atoms with Crippen LogP contribution in [0.5, 0.6) is 11.5 Å². The molecule has 7 rings (SSSR count). The second-order valence-electron chi connectivity index (χ2n) is 11.8. The highest BCUT2D eigenvalue weighted by Gasteiger charge is 2.52. The number of aromatic hydroxyl groups is 2. The van der Waals surface area contributed by atoms with Crippen LogP contribution in [0.3, 0.4) is 0 Å². The van der Waals surface area contributed by atoms with Gasteiger partial charge in [-0.3, -0.25) is 4.99 Å². The van der Waals surface area contributed by atoms with Crippen LogP contribution in [0.25, 0.3) is 0 Å². The van der Waals surface area contributed by atoms with Crippen molar-refractivity contribution < 1.29 is 10.2 Å². The maximum atomic E-state index is 11.7. The number of benzene rings is 3. The molecule has 0 aliphatic heterocycles. The maximum Gasteiger partial charge on any atom is 0.124 e. The number of hydrogen-bond acceptors (Lipinski definition) is 4. The number of nitrogens with zero attached hydrogens (tertiary/aromatic N) is 2. The standard InChI is InChI=1S/C32H35ClN2O2/c1-20-9-25(31(37)27(10-20)32-15-21-11-22(16-32)13-23(12-21)17-32)19-35(2)29-6-4-3-5-28(29)34-18-24-14-26(33)7-8-30(24)36/h3-10,14,18,21-23,36-37H,11-13,15-17,19H2,1-2H3. The summed E-state index contributed by atoms with van der Waals surface area (Å²) in [5, 5.41) is 22.4. The molecule has 0 radical (unpaired) electrons. The van der Waals surface area contributed by atoms with E-state index in [1.165, 1.54) is 49.7 Å². The van der Waals surface area contributed by atoms with Crippen LogP contribution in [0.1, 0.15) is 60.8 Å². The molecule has 4 fully saturated rings. The van der Waals surface area contributed by atoms with Gasteiger partial charge in [-0.1, -0.05) is 41.4 Å². The van der Waals surface area contributed by atoms with E-state index in [0.29, 0.717) is 22.9 Å². The van der Waals surface area contributed by atoms with Gasteiger partial charge < -0.3 is 15.1 Å². The van der Waals surface area contributed by atoms with Gasteiger partial charge in [-0.25, -0.2) is 0 Å². The molecule has 3 aromatic rings. The summed E-state index contributed by atoms with van der Waals surface area (Å²) in [6.07, 6.45) is 9.53. The van der Waals surface area contributed by atoms with Gasteiger partial charge in [0.2, 0.25) is 0 Å². The number of para-hydroxylation sites is 2. The Morgan fingerprint density at radius 2 is 1.65 bits per heavy atom. The minimum Gasteiger partial charge on any atom is -0.507 e. The summed E-state index contributed by atoms with van der Waals surface area (Å²) >= 11 is 6.10. The third-order valence-corrected chi connectivity index (χ3v) is 9.21. The molecule has 4 saturated carbocycles. The summed E-state index contributed by atoms with van der Waals surface area (Å²) in [7, 11) is 2.04. The third kappa shape index (κ3) is 4.61. The monoisotopic (exact) mass is 514 g/mol. The molecule has 192 valence electrons. The first-order valence-corrected chi connectivity index (χ1v) is 13.8. The van der Waals surface area contributed by atoms with Crippen molar-refractivity contribution in [2.24, 2.45) is 22.7 Å². The van der Waals surface area contributed by atoms with Gasteiger partial charge in [0.15, 0.2) is 0 Å². The fourth-order valence-electron chi connectivity index (χ4n) is 7.82. The number of aliphatic imine (C=N–C) groups is 1. The minimum atomic E-state index is 0.140. The van der Waals surface area contributed by atoms with Crippen LogP contribution in [0, 0.1) is 24.7 Å². The topological polar surface area (TPSA) is 56.1 Å². The van der Waals surface area contributed by atoms with Gasteiger partial charge in [-0.15, -0.1) is 0 Å². The van der Waals surface area contributed by atoms with E-state index in [1.807, 2.05) is 31.3 Å². The lowest BCUT2D eigenvalue weighted by Crippen LogP contribution is -2.48. The number of hydrogen-bond donors (Lipinski definition) is 2. The average molecular weight is 515 g/mol. The zero-order valence-electron chi connectivity index (χ0n) is 21.6. The van der Waals surface area contributed by atoms with Crippen LogP contribution in [0.15, 0.2) is 59.6 Å². The Balaban J connectivity index is 1.29. The Labute approximate surface area is 224 Å². The molecule has 3 aromatic carbocycles. The van der Waals surface area contributed by atoms with E-state index in [1.54, 1.807) is 24.4 Å². The van der Waals surface area contributed by atoms with Crippen LogP contribution in [-0.4, -0.2) is 23.5 Å². The van der Waals surface area contributed by atoms with Gasteiger partial charge in [0.1, 0.15) is 11.5 Å². The molecule has 4 nitrogen and oxygen atoms in total. The Kier molecular flexibility index (Phi) is 6.19. The number of phenols is 2. The van der Waals surface area contributed by atoms with E-state index in [0.717, 1.165) is 34.7 Å². The molecule has 0 spiro atoms. The molecule has 0 aromatic heterocycles. The molecular weight excluding hydrogens is 480 g/mol. The number of phenolic OH excluding ortho intramolecular Hbond substituents is 2.